The SMILES string of the molecule is CC(C)C(C)/C=C/[C@@H](C)[C@H]1C[C@H]2O[C@]23C2=C[C@H](O)C4=C[C@@H](O)CC[C@]4(C)[C@H]2CC[C@]13C. The Balaban J connectivity index is 1.47. The lowest BCUT2D eigenvalue weighted by Crippen LogP contribution is -2.53. The Bertz CT molecular complexity index is 839. The Hall–Kier alpha value is -0.900. The van der Waals surface area contributed by atoms with Crippen LogP contribution in [0.15, 0.2) is 35.5 Å². The molecule has 4 aliphatic carbocycles. The van der Waals surface area contributed by atoms with Crippen LogP contribution in [0.2, 0.25) is 0 Å². The number of rotatable bonds is 4. The highest BCUT2D eigenvalue weighted by atomic mass is 16.6. The van der Waals surface area contributed by atoms with E-state index in [9.17, 15) is 10.2 Å². The third kappa shape index (κ3) is 2.88. The van der Waals surface area contributed by atoms with Gasteiger partial charge in [0.15, 0.2) is 0 Å². The molecule has 1 heterocycles. The van der Waals surface area contributed by atoms with E-state index in [0.717, 1.165) is 31.3 Å². The molecule has 3 fully saturated rings. The Morgan fingerprint density at radius 1 is 1.00 bits per heavy atom. The normalized spacial score (nSPS) is 50.2. The summed E-state index contributed by atoms with van der Waals surface area (Å²) in [5.74, 6) is 2.88. The van der Waals surface area contributed by atoms with E-state index < -0.39 is 12.2 Å². The molecular formula is C28H42O3. The summed E-state index contributed by atoms with van der Waals surface area (Å²) in [6.45, 7) is 14.1. The number of hydrogen-bond acceptors (Lipinski definition) is 3. The topological polar surface area (TPSA) is 53.0 Å². The van der Waals surface area contributed by atoms with Crippen LogP contribution in [0.1, 0.15) is 73.6 Å². The van der Waals surface area contributed by atoms with Crippen molar-refractivity contribution in [1.82, 2.24) is 0 Å². The second-order valence-corrected chi connectivity index (χ2v) is 12.3. The average molecular weight is 427 g/mol. The molecule has 5 aliphatic rings. The van der Waals surface area contributed by atoms with Crippen molar-refractivity contribution < 1.29 is 14.9 Å². The van der Waals surface area contributed by atoms with Crippen molar-refractivity contribution in [2.24, 2.45) is 40.4 Å². The second kappa shape index (κ2) is 7.05. The van der Waals surface area contributed by atoms with Gasteiger partial charge in [0.25, 0.3) is 0 Å². The lowest BCUT2D eigenvalue weighted by atomic mass is 9.48. The van der Waals surface area contributed by atoms with Gasteiger partial charge in [-0.3, -0.25) is 0 Å². The maximum Gasteiger partial charge on any atom is 0.122 e. The van der Waals surface area contributed by atoms with Crippen LogP contribution in [0.25, 0.3) is 0 Å². The molecule has 0 amide bonds. The molecule has 1 aliphatic heterocycles. The Kier molecular flexibility index (Phi) is 4.98. The molecule has 3 nitrogen and oxygen atoms in total. The second-order valence-electron chi connectivity index (χ2n) is 12.3. The molecule has 0 radical (unpaired) electrons. The predicted molar refractivity (Wildman–Crippen MR) is 124 cm³/mol. The van der Waals surface area contributed by atoms with Crippen molar-refractivity contribution in [3.05, 3.63) is 35.5 Å². The van der Waals surface area contributed by atoms with Gasteiger partial charge in [-0.2, -0.15) is 0 Å². The zero-order chi connectivity index (χ0) is 22.3. The van der Waals surface area contributed by atoms with Crippen LogP contribution < -0.4 is 0 Å². The van der Waals surface area contributed by atoms with E-state index in [1.807, 2.05) is 6.08 Å². The Morgan fingerprint density at radius 2 is 1.74 bits per heavy atom. The molecule has 0 aromatic carbocycles. The maximum absolute atomic E-state index is 11.1. The summed E-state index contributed by atoms with van der Waals surface area (Å²) in [5.41, 5.74) is 2.36. The van der Waals surface area contributed by atoms with Gasteiger partial charge in [0.2, 0.25) is 0 Å². The minimum atomic E-state index is -0.587. The lowest BCUT2D eigenvalue weighted by Gasteiger charge is -2.56. The Labute approximate surface area is 188 Å². The van der Waals surface area contributed by atoms with Crippen LogP contribution in [-0.2, 0) is 4.74 Å². The molecular weight excluding hydrogens is 384 g/mol. The quantitative estimate of drug-likeness (QED) is 0.465. The molecule has 2 N–H and O–H groups in total. The number of fused-ring (bicyclic) bond motifs is 3. The van der Waals surface area contributed by atoms with Gasteiger partial charge >= 0.3 is 0 Å². The van der Waals surface area contributed by atoms with E-state index in [1.165, 1.54) is 12.0 Å². The van der Waals surface area contributed by atoms with Crippen LogP contribution in [-0.4, -0.2) is 34.1 Å². The molecule has 0 aromatic rings. The molecule has 31 heavy (non-hydrogen) atoms. The lowest BCUT2D eigenvalue weighted by molar-refractivity contribution is -0.0149. The van der Waals surface area contributed by atoms with E-state index in [4.69, 9.17) is 4.74 Å². The fourth-order valence-electron chi connectivity index (χ4n) is 8.03. The van der Waals surface area contributed by atoms with Crippen LogP contribution in [0.3, 0.4) is 0 Å². The molecule has 2 saturated carbocycles. The summed E-state index contributed by atoms with van der Waals surface area (Å²) in [4.78, 5) is 0. The molecule has 1 spiro atoms. The maximum atomic E-state index is 11.1. The summed E-state index contributed by atoms with van der Waals surface area (Å²) in [5, 5.41) is 21.3. The van der Waals surface area contributed by atoms with Crippen molar-refractivity contribution in [2.45, 2.75) is 97.6 Å². The number of aliphatic hydroxyl groups is 2. The summed E-state index contributed by atoms with van der Waals surface area (Å²) in [6.07, 6.45) is 13.5. The fraction of sp³-hybridized carbons (Fsp3) is 0.786. The summed E-state index contributed by atoms with van der Waals surface area (Å²) >= 11 is 0. The van der Waals surface area contributed by atoms with E-state index in [1.54, 1.807) is 0 Å². The van der Waals surface area contributed by atoms with Gasteiger partial charge < -0.3 is 14.9 Å². The largest absolute Gasteiger partial charge is 0.389 e. The number of allylic oxidation sites excluding steroid dienone is 2. The molecule has 3 heteroatoms. The molecule has 0 aromatic heterocycles. The zero-order valence-electron chi connectivity index (χ0n) is 20.3. The monoisotopic (exact) mass is 426 g/mol. The van der Waals surface area contributed by atoms with Crippen molar-refractivity contribution in [3.8, 4) is 0 Å². The van der Waals surface area contributed by atoms with E-state index in [-0.39, 0.29) is 16.4 Å². The first kappa shape index (κ1) is 21.9. The summed E-state index contributed by atoms with van der Waals surface area (Å²) in [6, 6.07) is 0. The summed E-state index contributed by atoms with van der Waals surface area (Å²) < 4.78 is 6.58. The third-order valence-corrected chi connectivity index (χ3v) is 10.4. The molecule has 1 saturated heterocycles. The molecule has 172 valence electrons. The van der Waals surface area contributed by atoms with Crippen molar-refractivity contribution in [3.63, 3.8) is 0 Å². The minimum Gasteiger partial charge on any atom is -0.389 e. The van der Waals surface area contributed by atoms with Gasteiger partial charge in [-0.1, -0.05) is 59.8 Å². The van der Waals surface area contributed by atoms with E-state index in [0.29, 0.717) is 35.7 Å². The predicted octanol–water partition coefficient (Wildman–Crippen LogP) is 5.43. The van der Waals surface area contributed by atoms with Gasteiger partial charge in [0.1, 0.15) is 5.60 Å². The van der Waals surface area contributed by atoms with Crippen molar-refractivity contribution >= 4 is 0 Å². The highest BCUT2D eigenvalue weighted by molar-refractivity contribution is 5.48. The zero-order valence-corrected chi connectivity index (χ0v) is 20.3. The highest BCUT2D eigenvalue weighted by Gasteiger charge is 2.79. The first-order chi connectivity index (χ1) is 14.5. The van der Waals surface area contributed by atoms with E-state index >= 15 is 0 Å². The number of epoxide rings is 1. The van der Waals surface area contributed by atoms with Crippen molar-refractivity contribution in [1.29, 1.82) is 0 Å². The van der Waals surface area contributed by atoms with E-state index in [2.05, 4.69) is 59.8 Å². The van der Waals surface area contributed by atoms with Crippen LogP contribution in [0.5, 0.6) is 0 Å². The molecule has 10 atom stereocenters. The summed E-state index contributed by atoms with van der Waals surface area (Å²) in [7, 11) is 0. The fourth-order valence-corrected chi connectivity index (χ4v) is 8.03. The third-order valence-electron chi connectivity index (χ3n) is 10.4. The minimum absolute atomic E-state index is 0.0500. The van der Waals surface area contributed by atoms with Gasteiger partial charge in [-0.05, 0) is 84.3 Å². The highest BCUT2D eigenvalue weighted by Crippen LogP contribution is 2.75. The molecule has 5 rings (SSSR count). The van der Waals surface area contributed by atoms with Crippen LogP contribution in [0, 0.1) is 40.4 Å². The number of aliphatic hydroxyl groups excluding tert-OH is 2. The van der Waals surface area contributed by atoms with Crippen molar-refractivity contribution in [2.75, 3.05) is 0 Å². The number of hydrogen-bond donors (Lipinski definition) is 2. The van der Waals surface area contributed by atoms with Gasteiger partial charge in [0, 0.05) is 5.41 Å². The van der Waals surface area contributed by atoms with Gasteiger partial charge in [-0.25, -0.2) is 0 Å². The Morgan fingerprint density at radius 3 is 2.45 bits per heavy atom. The standard InChI is InChI=1S/C28H42O3/c1-16(2)17(3)7-8-18(4)21-15-25-28(31-25)22-14-24(30)23-13-19(29)9-11-26(23,5)20(22)10-12-27(21,28)6/h7-8,13-14,16-21,24-25,29-30H,9-12,15H2,1-6H3/b8-7+/t17?,18-,19+,20+,21-,24+,25-,26-,27-,28-/m1/s1. The first-order valence-electron chi connectivity index (χ1n) is 12.7. The van der Waals surface area contributed by atoms with Crippen LogP contribution in [0.4, 0.5) is 0 Å². The molecule has 1 unspecified atom stereocenters. The first-order valence-corrected chi connectivity index (χ1v) is 12.7. The molecule has 0 bridgehead atoms. The van der Waals surface area contributed by atoms with Gasteiger partial charge in [-0.15, -0.1) is 0 Å². The number of ether oxygens (including phenoxy) is 1. The average Bonchev–Trinajstić information content (AvgIpc) is 3.38. The van der Waals surface area contributed by atoms with Gasteiger partial charge in [0.05, 0.1) is 18.3 Å². The van der Waals surface area contributed by atoms with Crippen LogP contribution >= 0.6 is 0 Å². The smallest absolute Gasteiger partial charge is 0.122 e.